The Morgan fingerprint density at radius 3 is 2.42 bits per heavy atom. The van der Waals surface area contributed by atoms with Crippen molar-refractivity contribution >= 4 is 5.69 Å². The maximum absolute atomic E-state index is 11.3. The highest BCUT2D eigenvalue weighted by molar-refractivity contribution is 5.47. The largest absolute Gasteiger partial charge is 0.476 e. The second kappa shape index (κ2) is 6.42. The van der Waals surface area contributed by atoms with Crippen LogP contribution in [0.2, 0.25) is 0 Å². The minimum absolute atomic E-state index is 0.00366. The second-order valence-electron chi connectivity index (χ2n) is 4.72. The smallest absolute Gasteiger partial charge is 0.352 e. The molecule has 7 nitrogen and oxygen atoms in total. The van der Waals surface area contributed by atoms with Crippen LogP contribution in [0.5, 0.6) is 5.88 Å². The van der Waals surface area contributed by atoms with Crippen molar-refractivity contribution < 1.29 is 9.66 Å². The molecule has 0 aromatic carbocycles. The van der Waals surface area contributed by atoms with E-state index in [1.165, 1.54) is 13.4 Å². The number of aromatic nitrogens is 2. The topological polar surface area (TPSA) is 90.2 Å². The van der Waals surface area contributed by atoms with Gasteiger partial charge in [0.05, 0.1) is 12.0 Å². The van der Waals surface area contributed by atoms with Crippen LogP contribution in [0.15, 0.2) is 6.33 Å². The number of ether oxygens (including phenoxy) is 1. The maximum Gasteiger partial charge on any atom is 0.352 e. The Hall–Kier alpha value is -1.76. The van der Waals surface area contributed by atoms with Crippen molar-refractivity contribution in [1.82, 2.24) is 15.3 Å². The van der Waals surface area contributed by atoms with Crippen LogP contribution in [0.3, 0.4) is 0 Å². The zero-order chi connectivity index (χ0) is 14.6. The van der Waals surface area contributed by atoms with Crippen LogP contribution in [0.4, 0.5) is 5.69 Å². The lowest BCUT2D eigenvalue weighted by atomic mass is 9.85. The molecular formula is C12H20N4O3. The second-order valence-corrected chi connectivity index (χ2v) is 4.72. The van der Waals surface area contributed by atoms with E-state index in [2.05, 4.69) is 15.3 Å². The number of nitro groups is 1. The van der Waals surface area contributed by atoms with Crippen molar-refractivity contribution in [2.45, 2.75) is 32.7 Å². The van der Waals surface area contributed by atoms with Gasteiger partial charge in [-0.05, 0) is 19.9 Å². The van der Waals surface area contributed by atoms with Crippen molar-refractivity contribution in [2.24, 2.45) is 5.92 Å². The SMILES string of the molecule is CNC(C)C(c1ncnc(OC)c1[N+](=O)[O-])C(C)C. The van der Waals surface area contributed by atoms with E-state index >= 15 is 0 Å². The molecular weight excluding hydrogens is 248 g/mol. The molecule has 19 heavy (non-hydrogen) atoms. The number of hydrogen-bond donors (Lipinski definition) is 1. The number of nitrogens with zero attached hydrogens (tertiary/aromatic N) is 3. The number of likely N-dealkylation sites (N-methyl/N-ethyl adjacent to an activating group) is 1. The molecule has 0 aliphatic heterocycles. The Morgan fingerprint density at radius 1 is 1.37 bits per heavy atom. The summed E-state index contributed by atoms with van der Waals surface area (Å²) in [6.45, 7) is 6.00. The Morgan fingerprint density at radius 2 is 2.00 bits per heavy atom. The molecule has 1 aromatic heterocycles. The molecule has 2 atom stereocenters. The molecule has 1 N–H and O–H groups in total. The van der Waals surface area contributed by atoms with Gasteiger partial charge in [-0.2, -0.15) is 4.98 Å². The van der Waals surface area contributed by atoms with Gasteiger partial charge in [-0.1, -0.05) is 13.8 Å². The minimum atomic E-state index is -0.480. The van der Waals surface area contributed by atoms with Gasteiger partial charge in [0.15, 0.2) is 0 Å². The van der Waals surface area contributed by atoms with E-state index in [1.54, 1.807) is 0 Å². The average Bonchev–Trinajstić information content (AvgIpc) is 2.37. The Balaban J connectivity index is 3.42. The van der Waals surface area contributed by atoms with Gasteiger partial charge in [0.25, 0.3) is 5.88 Å². The highest BCUT2D eigenvalue weighted by Gasteiger charge is 2.33. The van der Waals surface area contributed by atoms with Gasteiger partial charge in [-0.15, -0.1) is 0 Å². The van der Waals surface area contributed by atoms with E-state index < -0.39 is 4.92 Å². The van der Waals surface area contributed by atoms with Crippen molar-refractivity contribution in [3.05, 3.63) is 22.1 Å². The van der Waals surface area contributed by atoms with E-state index in [-0.39, 0.29) is 29.4 Å². The fourth-order valence-corrected chi connectivity index (χ4v) is 2.25. The van der Waals surface area contributed by atoms with Gasteiger partial charge in [0.2, 0.25) is 0 Å². The summed E-state index contributed by atoms with van der Waals surface area (Å²) >= 11 is 0. The van der Waals surface area contributed by atoms with Crippen LogP contribution in [0, 0.1) is 16.0 Å². The summed E-state index contributed by atoms with van der Waals surface area (Å²) < 4.78 is 4.98. The highest BCUT2D eigenvalue weighted by Crippen LogP contribution is 2.36. The third-order valence-corrected chi connectivity index (χ3v) is 3.22. The van der Waals surface area contributed by atoms with Crippen LogP contribution < -0.4 is 10.1 Å². The first-order valence-electron chi connectivity index (χ1n) is 6.14. The predicted molar refractivity (Wildman–Crippen MR) is 71.3 cm³/mol. The standard InChI is InChI=1S/C12H20N4O3/c1-7(2)9(8(3)13-4)10-11(16(17)18)12(19-5)15-6-14-10/h6-9,13H,1-5H3. The molecule has 0 fully saturated rings. The molecule has 0 amide bonds. The Labute approximate surface area is 112 Å². The number of nitrogens with one attached hydrogen (secondary N) is 1. The van der Waals surface area contributed by atoms with Gasteiger partial charge in [-0.3, -0.25) is 10.1 Å². The van der Waals surface area contributed by atoms with Gasteiger partial charge in [0.1, 0.15) is 12.0 Å². The molecule has 1 rings (SSSR count). The maximum atomic E-state index is 11.3. The van der Waals surface area contributed by atoms with Crippen molar-refractivity contribution in [3.8, 4) is 5.88 Å². The molecule has 0 bridgehead atoms. The third-order valence-electron chi connectivity index (χ3n) is 3.22. The normalized spacial score (nSPS) is 14.2. The summed E-state index contributed by atoms with van der Waals surface area (Å²) in [4.78, 5) is 18.7. The molecule has 106 valence electrons. The molecule has 0 radical (unpaired) electrons. The van der Waals surface area contributed by atoms with Gasteiger partial charge < -0.3 is 10.1 Å². The number of hydrogen-bond acceptors (Lipinski definition) is 6. The molecule has 0 aliphatic carbocycles. The first-order valence-corrected chi connectivity index (χ1v) is 6.14. The fourth-order valence-electron chi connectivity index (χ4n) is 2.25. The summed E-state index contributed by atoms with van der Waals surface area (Å²) in [6, 6.07) is 0.0540. The van der Waals surface area contributed by atoms with Gasteiger partial charge in [-0.25, -0.2) is 4.98 Å². The quantitative estimate of drug-likeness (QED) is 0.624. The molecule has 1 aromatic rings. The van der Waals surface area contributed by atoms with Crippen LogP contribution in [0.25, 0.3) is 0 Å². The third kappa shape index (κ3) is 3.17. The van der Waals surface area contributed by atoms with E-state index in [4.69, 9.17) is 4.74 Å². The van der Waals surface area contributed by atoms with Crippen LogP contribution in [-0.4, -0.2) is 35.1 Å². The first-order chi connectivity index (χ1) is 8.93. The zero-order valence-electron chi connectivity index (χ0n) is 11.9. The van der Waals surface area contributed by atoms with Gasteiger partial charge in [0, 0.05) is 12.0 Å². The fraction of sp³-hybridized carbons (Fsp3) is 0.667. The number of rotatable bonds is 6. The molecule has 0 spiro atoms. The Kier molecular flexibility index (Phi) is 5.17. The molecule has 0 aliphatic rings. The lowest BCUT2D eigenvalue weighted by molar-refractivity contribution is -0.387. The monoisotopic (exact) mass is 268 g/mol. The molecule has 0 saturated carbocycles. The summed E-state index contributed by atoms with van der Waals surface area (Å²) in [5, 5.41) is 14.4. The molecule has 0 saturated heterocycles. The Bertz CT molecular complexity index is 451. The van der Waals surface area contributed by atoms with Crippen molar-refractivity contribution in [2.75, 3.05) is 14.2 Å². The average molecular weight is 268 g/mol. The molecule has 7 heteroatoms. The zero-order valence-corrected chi connectivity index (χ0v) is 11.9. The summed E-state index contributed by atoms with van der Waals surface area (Å²) in [5.74, 6) is 0.104. The minimum Gasteiger partial charge on any atom is -0.476 e. The molecule has 2 unspecified atom stereocenters. The first kappa shape index (κ1) is 15.3. The lowest BCUT2D eigenvalue weighted by Crippen LogP contribution is -2.33. The van der Waals surface area contributed by atoms with E-state index in [9.17, 15) is 10.1 Å². The summed E-state index contributed by atoms with van der Waals surface area (Å²) in [6.07, 6.45) is 1.30. The summed E-state index contributed by atoms with van der Waals surface area (Å²) in [7, 11) is 3.19. The summed E-state index contributed by atoms with van der Waals surface area (Å²) in [5.41, 5.74) is 0.263. The molecule has 1 heterocycles. The van der Waals surface area contributed by atoms with Crippen LogP contribution in [-0.2, 0) is 0 Å². The van der Waals surface area contributed by atoms with Gasteiger partial charge >= 0.3 is 5.69 Å². The van der Waals surface area contributed by atoms with Crippen molar-refractivity contribution in [3.63, 3.8) is 0 Å². The highest BCUT2D eigenvalue weighted by atomic mass is 16.6. The lowest BCUT2D eigenvalue weighted by Gasteiger charge is -2.26. The van der Waals surface area contributed by atoms with Crippen LogP contribution >= 0.6 is 0 Å². The van der Waals surface area contributed by atoms with Crippen LogP contribution in [0.1, 0.15) is 32.4 Å². The predicted octanol–water partition coefficient (Wildman–Crippen LogP) is 1.74. The van der Waals surface area contributed by atoms with E-state index in [0.717, 1.165) is 0 Å². The van der Waals surface area contributed by atoms with Crippen molar-refractivity contribution in [1.29, 1.82) is 0 Å². The number of methoxy groups -OCH3 is 1. The van der Waals surface area contributed by atoms with E-state index in [1.807, 2.05) is 27.8 Å². The van der Waals surface area contributed by atoms with E-state index in [0.29, 0.717) is 5.69 Å².